The number of carbonyl (C=O) groups is 1. The highest BCUT2D eigenvalue weighted by atomic mass is 16.3. The number of carbonyl (C=O) groups excluding carboxylic acids is 1. The zero-order valence-corrected chi connectivity index (χ0v) is 11.4. The van der Waals surface area contributed by atoms with Gasteiger partial charge in [0, 0.05) is 6.42 Å². The highest BCUT2D eigenvalue weighted by Gasteiger charge is 2.39. The van der Waals surface area contributed by atoms with E-state index in [4.69, 9.17) is 4.42 Å². The normalized spacial score (nSPS) is 19.7. The minimum absolute atomic E-state index is 0.256. The van der Waals surface area contributed by atoms with Crippen LogP contribution in [-0.2, 0) is 11.2 Å². The first-order valence-electron chi connectivity index (χ1n) is 6.87. The van der Waals surface area contributed by atoms with Crippen molar-refractivity contribution >= 4 is 5.78 Å². The van der Waals surface area contributed by atoms with Crippen molar-refractivity contribution in [2.24, 2.45) is 0 Å². The molecule has 0 spiro atoms. The first-order valence-corrected chi connectivity index (χ1v) is 6.87. The first-order chi connectivity index (χ1) is 8.65. The zero-order valence-electron chi connectivity index (χ0n) is 11.4. The fourth-order valence-corrected chi connectivity index (χ4v) is 3.03. The minimum atomic E-state index is -0.256. The predicted molar refractivity (Wildman–Crippen MR) is 71.5 cm³/mol. The molecule has 0 N–H and O–H groups in total. The lowest BCUT2D eigenvalue weighted by atomic mass is 9.82. The van der Waals surface area contributed by atoms with Crippen molar-refractivity contribution in [2.45, 2.75) is 50.5 Å². The van der Waals surface area contributed by atoms with Crippen LogP contribution in [0.5, 0.6) is 0 Å². The Bertz CT molecular complexity index is 373. The van der Waals surface area contributed by atoms with Crippen molar-refractivity contribution < 1.29 is 9.21 Å². The number of furan rings is 1. The summed E-state index contributed by atoms with van der Waals surface area (Å²) in [5.41, 5.74) is 0.735. The maximum Gasteiger partial charge on any atom is 0.157 e. The van der Waals surface area contributed by atoms with Crippen LogP contribution >= 0.6 is 0 Å². The van der Waals surface area contributed by atoms with E-state index in [1.165, 1.54) is 12.8 Å². The van der Waals surface area contributed by atoms with Crippen LogP contribution in [0.1, 0.15) is 44.1 Å². The summed E-state index contributed by atoms with van der Waals surface area (Å²) in [4.78, 5) is 14.8. The summed E-state index contributed by atoms with van der Waals surface area (Å²) in [6, 6.07) is 1.89. The number of nitrogens with zero attached hydrogens (tertiary/aromatic N) is 1. The number of rotatable bonds is 4. The van der Waals surface area contributed by atoms with Crippen molar-refractivity contribution in [3.63, 3.8) is 0 Å². The number of hydrogen-bond donors (Lipinski definition) is 0. The van der Waals surface area contributed by atoms with Crippen molar-refractivity contribution in [3.8, 4) is 0 Å². The lowest BCUT2D eigenvalue weighted by Crippen LogP contribution is -2.51. The van der Waals surface area contributed by atoms with E-state index in [-0.39, 0.29) is 5.54 Å². The lowest BCUT2D eigenvalue weighted by molar-refractivity contribution is -0.130. The second-order valence-electron chi connectivity index (χ2n) is 5.57. The molecule has 0 saturated heterocycles. The molecule has 0 radical (unpaired) electrons. The molecule has 2 rings (SSSR count). The third-order valence-corrected chi connectivity index (χ3v) is 4.25. The van der Waals surface area contributed by atoms with Gasteiger partial charge in [0.05, 0.1) is 18.1 Å². The van der Waals surface area contributed by atoms with Crippen LogP contribution in [-0.4, -0.2) is 30.3 Å². The predicted octanol–water partition coefficient (Wildman–Crippen LogP) is 3.05. The Balaban J connectivity index is 2.15. The Hall–Kier alpha value is -1.09. The van der Waals surface area contributed by atoms with Gasteiger partial charge in [0.2, 0.25) is 0 Å². The third-order valence-electron chi connectivity index (χ3n) is 4.25. The molecular formula is C15H23NO2. The Labute approximate surface area is 109 Å². The monoisotopic (exact) mass is 249 g/mol. The lowest BCUT2D eigenvalue weighted by Gasteiger charge is -2.38. The van der Waals surface area contributed by atoms with Gasteiger partial charge < -0.3 is 4.42 Å². The highest BCUT2D eigenvalue weighted by molar-refractivity contribution is 5.90. The number of likely N-dealkylation sites (N-methyl/N-ethyl adjacent to an activating group) is 1. The van der Waals surface area contributed by atoms with Gasteiger partial charge in [-0.25, -0.2) is 0 Å². The van der Waals surface area contributed by atoms with E-state index in [9.17, 15) is 4.79 Å². The smallest absolute Gasteiger partial charge is 0.157 e. The standard InChI is InChI=1S/C15H23NO2/c1-16(2)15(8-5-3-4-6-9-15)14(17)11-13-7-10-18-12-13/h7,10,12H,3-6,8-9,11H2,1-2H3. The molecule has 0 unspecified atom stereocenters. The summed E-state index contributed by atoms with van der Waals surface area (Å²) in [6.07, 6.45) is 10.6. The molecule has 1 saturated carbocycles. The largest absolute Gasteiger partial charge is 0.472 e. The number of ketones is 1. The molecule has 3 heteroatoms. The molecule has 18 heavy (non-hydrogen) atoms. The van der Waals surface area contributed by atoms with Gasteiger partial charge in [-0.1, -0.05) is 25.7 Å². The molecule has 1 aliphatic carbocycles. The average molecular weight is 249 g/mol. The maximum absolute atomic E-state index is 12.7. The Morgan fingerprint density at radius 3 is 2.44 bits per heavy atom. The van der Waals surface area contributed by atoms with Crippen LogP contribution in [0.25, 0.3) is 0 Å². The number of hydrogen-bond acceptors (Lipinski definition) is 3. The van der Waals surface area contributed by atoms with Gasteiger partial charge in [-0.3, -0.25) is 9.69 Å². The first kappa shape index (κ1) is 13.3. The minimum Gasteiger partial charge on any atom is -0.472 e. The van der Waals surface area contributed by atoms with Crippen LogP contribution in [0.3, 0.4) is 0 Å². The maximum atomic E-state index is 12.7. The fourth-order valence-electron chi connectivity index (χ4n) is 3.03. The Morgan fingerprint density at radius 2 is 1.94 bits per heavy atom. The molecule has 0 aliphatic heterocycles. The molecule has 0 amide bonds. The molecule has 3 nitrogen and oxygen atoms in total. The summed E-state index contributed by atoms with van der Waals surface area (Å²) in [6.45, 7) is 0. The van der Waals surface area contributed by atoms with E-state index in [2.05, 4.69) is 4.90 Å². The van der Waals surface area contributed by atoms with Crippen molar-refractivity contribution in [3.05, 3.63) is 24.2 Å². The summed E-state index contributed by atoms with van der Waals surface area (Å²) in [7, 11) is 4.08. The van der Waals surface area contributed by atoms with Gasteiger partial charge in [0.25, 0.3) is 0 Å². The van der Waals surface area contributed by atoms with Gasteiger partial charge in [0.1, 0.15) is 0 Å². The third kappa shape index (κ3) is 2.66. The van der Waals surface area contributed by atoms with Gasteiger partial charge in [-0.15, -0.1) is 0 Å². The molecule has 1 heterocycles. The van der Waals surface area contributed by atoms with Crippen LogP contribution in [0, 0.1) is 0 Å². The molecule has 100 valence electrons. The molecule has 1 aliphatic rings. The van der Waals surface area contributed by atoms with Crippen molar-refractivity contribution in [1.29, 1.82) is 0 Å². The summed E-state index contributed by atoms with van der Waals surface area (Å²) in [5, 5.41) is 0. The second-order valence-corrected chi connectivity index (χ2v) is 5.57. The zero-order chi connectivity index (χ0) is 13.0. The topological polar surface area (TPSA) is 33.5 Å². The average Bonchev–Trinajstić information content (AvgIpc) is 2.70. The summed E-state index contributed by atoms with van der Waals surface area (Å²) < 4.78 is 5.05. The van der Waals surface area contributed by atoms with Gasteiger partial charge in [-0.05, 0) is 38.6 Å². The van der Waals surface area contributed by atoms with Gasteiger partial charge in [-0.2, -0.15) is 0 Å². The van der Waals surface area contributed by atoms with Gasteiger partial charge >= 0.3 is 0 Å². The summed E-state index contributed by atoms with van der Waals surface area (Å²) in [5.74, 6) is 0.343. The summed E-state index contributed by atoms with van der Waals surface area (Å²) >= 11 is 0. The molecule has 1 fully saturated rings. The Kier molecular flexibility index (Phi) is 4.23. The highest BCUT2D eigenvalue weighted by Crippen LogP contribution is 2.32. The van der Waals surface area contributed by atoms with E-state index in [0.29, 0.717) is 12.2 Å². The van der Waals surface area contributed by atoms with Crippen molar-refractivity contribution in [1.82, 2.24) is 4.90 Å². The van der Waals surface area contributed by atoms with E-state index in [1.54, 1.807) is 12.5 Å². The van der Waals surface area contributed by atoms with Gasteiger partial charge in [0.15, 0.2) is 5.78 Å². The molecule has 1 aromatic heterocycles. The van der Waals surface area contributed by atoms with Crippen molar-refractivity contribution in [2.75, 3.05) is 14.1 Å². The molecule has 0 atom stereocenters. The molecule has 0 bridgehead atoms. The fraction of sp³-hybridized carbons (Fsp3) is 0.667. The van der Waals surface area contributed by atoms with E-state index in [0.717, 1.165) is 31.2 Å². The second kappa shape index (κ2) is 5.70. The van der Waals surface area contributed by atoms with Crippen LogP contribution < -0.4 is 0 Å². The Morgan fingerprint density at radius 1 is 1.28 bits per heavy atom. The number of Topliss-reactive ketones (excluding diaryl/α,β-unsaturated/α-hetero) is 1. The van der Waals surface area contributed by atoms with Crippen LogP contribution in [0.15, 0.2) is 23.0 Å². The van der Waals surface area contributed by atoms with Crippen LogP contribution in [0.4, 0.5) is 0 Å². The SMILES string of the molecule is CN(C)C1(C(=O)Cc2ccoc2)CCCCCC1. The van der Waals surface area contributed by atoms with Crippen LogP contribution in [0.2, 0.25) is 0 Å². The van der Waals surface area contributed by atoms with E-state index in [1.807, 2.05) is 20.2 Å². The molecule has 0 aromatic carbocycles. The molecule has 1 aromatic rings. The van der Waals surface area contributed by atoms with E-state index >= 15 is 0 Å². The molecular weight excluding hydrogens is 226 g/mol. The van der Waals surface area contributed by atoms with E-state index < -0.39 is 0 Å². The quantitative estimate of drug-likeness (QED) is 0.769.